The average molecular weight is 512 g/mol. The van der Waals surface area contributed by atoms with Crippen molar-refractivity contribution >= 4 is 17.6 Å². The number of carbonyl (C=O) groups excluding carboxylic acids is 1. The Balaban J connectivity index is 1.49. The Kier molecular flexibility index (Phi) is 7.50. The van der Waals surface area contributed by atoms with Gasteiger partial charge >= 0.3 is 5.97 Å². The van der Waals surface area contributed by atoms with Crippen LogP contribution in [0.3, 0.4) is 0 Å². The van der Waals surface area contributed by atoms with E-state index < -0.39 is 5.97 Å². The van der Waals surface area contributed by atoms with Crippen molar-refractivity contribution in [3.63, 3.8) is 0 Å². The number of carbonyl (C=O) groups is 2. The van der Waals surface area contributed by atoms with E-state index in [0.717, 1.165) is 58.8 Å². The number of piperidine rings is 1. The quantitative estimate of drug-likeness (QED) is 0.402. The van der Waals surface area contributed by atoms with Gasteiger partial charge in [-0.1, -0.05) is 55.3 Å². The molecule has 5 rings (SSSR count). The van der Waals surface area contributed by atoms with Crippen molar-refractivity contribution in [1.82, 2.24) is 10.3 Å². The van der Waals surface area contributed by atoms with Crippen molar-refractivity contribution in [2.24, 2.45) is 5.41 Å². The average Bonchev–Trinajstić information content (AvgIpc) is 3.36. The van der Waals surface area contributed by atoms with Crippen LogP contribution < -0.4 is 10.2 Å². The van der Waals surface area contributed by atoms with E-state index in [2.05, 4.69) is 10.2 Å². The highest BCUT2D eigenvalue weighted by atomic mass is 16.4. The van der Waals surface area contributed by atoms with Crippen LogP contribution in [0.4, 0.5) is 5.69 Å². The summed E-state index contributed by atoms with van der Waals surface area (Å²) in [6, 6.07) is 17.5. The van der Waals surface area contributed by atoms with Crippen molar-refractivity contribution in [2.75, 3.05) is 18.0 Å². The van der Waals surface area contributed by atoms with Gasteiger partial charge in [0.1, 0.15) is 0 Å². The lowest BCUT2D eigenvalue weighted by Crippen LogP contribution is -2.43. The number of aromatic nitrogens is 1. The zero-order chi connectivity index (χ0) is 26.7. The molecule has 6 nitrogen and oxygen atoms in total. The SMILES string of the molecule is Cc1nc(C)c(-c2ccc(C(=O)NCc3ccccc3)cc2)c(N2CCCC3(CCCC3)C2)c1CC(=O)O. The largest absolute Gasteiger partial charge is 0.481 e. The third-order valence-electron chi connectivity index (χ3n) is 8.36. The molecule has 1 amide bonds. The number of hydrogen-bond donors (Lipinski definition) is 2. The molecule has 1 saturated carbocycles. The zero-order valence-electron chi connectivity index (χ0n) is 22.4. The number of nitrogens with one attached hydrogen (secondary N) is 1. The summed E-state index contributed by atoms with van der Waals surface area (Å²) in [4.78, 5) is 32.0. The van der Waals surface area contributed by atoms with Gasteiger partial charge in [-0.05, 0) is 68.2 Å². The molecule has 198 valence electrons. The van der Waals surface area contributed by atoms with Crippen LogP contribution in [0.2, 0.25) is 0 Å². The predicted molar refractivity (Wildman–Crippen MR) is 150 cm³/mol. The summed E-state index contributed by atoms with van der Waals surface area (Å²) in [6.45, 7) is 6.29. The number of nitrogens with zero attached hydrogens (tertiary/aromatic N) is 2. The number of carboxylic acids is 1. The highest BCUT2D eigenvalue weighted by Crippen LogP contribution is 2.48. The zero-order valence-corrected chi connectivity index (χ0v) is 22.4. The topological polar surface area (TPSA) is 82.5 Å². The maximum Gasteiger partial charge on any atom is 0.307 e. The fraction of sp³-hybridized carbons (Fsp3) is 0.406. The second-order valence-electron chi connectivity index (χ2n) is 11.0. The summed E-state index contributed by atoms with van der Waals surface area (Å²) in [7, 11) is 0. The molecule has 3 aromatic rings. The van der Waals surface area contributed by atoms with Crippen molar-refractivity contribution in [3.05, 3.63) is 82.7 Å². The monoisotopic (exact) mass is 511 g/mol. The highest BCUT2D eigenvalue weighted by Gasteiger charge is 2.39. The van der Waals surface area contributed by atoms with Gasteiger partial charge in [0.25, 0.3) is 5.91 Å². The molecule has 1 spiro atoms. The number of benzene rings is 2. The van der Waals surface area contributed by atoms with E-state index in [4.69, 9.17) is 4.98 Å². The highest BCUT2D eigenvalue weighted by molar-refractivity contribution is 5.95. The molecule has 2 fully saturated rings. The van der Waals surface area contributed by atoms with Crippen LogP contribution in [0, 0.1) is 19.3 Å². The van der Waals surface area contributed by atoms with Gasteiger partial charge in [-0.25, -0.2) is 0 Å². The van der Waals surface area contributed by atoms with Crippen LogP contribution in [0.15, 0.2) is 54.6 Å². The normalized spacial score (nSPS) is 16.5. The van der Waals surface area contributed by atoms with Gasteiger partial charge in [0.05, 0.1) is 12.1 Å². The molecule has 6 heteroatoms. The fourth-order valence-electron chi connectivity index (χ4n) is 6.53. The van der Waals surface area contributed by atoms with E-state index >= 15 is 0 Å². The molecule has 2 aliphatic rings. The van der Waals surface area contributed by atoms with E-state index in [-0.39, 0.29) is 12.3 Å². The number of amides is 1. The third-order valence-corrected chi connectivity index (χ3v) is 8.36. The van der Waals surface area contributed by atoms with Gasteiger partial charge in [0.2, 0.25) is 0 Å². The van der Waals surface area contributed by atoms with E-state index in [0.29, 0.717) is 17.5 Å². The maximum atomic E-state index is 12.8. The first kappa shape index (κ1) is 26.0. The van der Waals surface area contributed by atoms with Gasteiger partial charge in [-0.15, -0.1) is 0 Å². The Morgan fingerprint density at radius 2 is 1.63 bits per heavy atom. The van der Waals surface area contributed by atoms with Crippen LogP contribution in [0.5, 0.6) is 0 Å². The Morgan fingerprint density at radius 3 is 2.32 bits per heavy atom. The summed E-state index contributed by atoms with van der Waals surface area (Å²) >= 11 is 0. The number of pyridine rings is 1. The van der Waals surface area contributed by atoms with Crippen molar-refractivity contribution in [3.8, 4) is 11.1 Å². The first-order chi connectivity index (χ1) is 18.3. The lowest BCUT2D eigenvalue weighted by atomic mass is 9.78. The Hall–Kier alpha value is -3.67. The summed E-state index contributed by atoms with van der Waals surface area (Å²) in [6.07, 6.45) is 7.39. The molecular weight excluding hydrogens is 474 g/mol. The Labute approximate surface area is 225 Å². The first-order valence-corrected chi connectivity index (χ1v) is 13.7. The summed E-state index contributed by atoms with van der Waals surface area (Å²) in [5.41, 5.74) is 7.42. The van der Waals surface area contributed by atoms with Crippen molar-refractivity contribution in [2.45, 2.75) is 65.3 Å². The van der Waals surface area contributed by atoms with Crippen LogP contribution in [-0.2, 0) is 17.8 Å². The summed E-state index contributed by atoms with van der Waals surface area (Å²) in [5.74, 6) is -0.964. The van der Waals surface area contributed by atoms with E-state index in [1.54, 1.807) is 0 Å². The lowest BCUT2D eigenvalue weighted by Gasteiger charge is -2.43. The molecule has 1 saturated heterocycles. The molecular formula is C32H37N3O3. The number of anilines is 1. The molecule has 0 unspecified atom stereocenters. The molecule has 2 aromatic carbocycles. The molecule has 1 aliphatic heterocycles. The number of carboxylic acid groups (broad SMARTS) is 1. The number of hydrogen-bond acceptors (Lipinski definition) is 4. The minimum atomic E-state index is -0.844. The molecule has 1 aliphatic carbocycles. The second kappa shape index (κ2) is 11.0. The van der Waals surface area contributed by atoms with Gasteiger partial charge in [-0.2, -0.15) is 0 Å². The lowest BCUT2D eigenvalue weighted by molar-refractivity contribution is -0.136. The minimum Gasteiger partial charge on any atom is -0.481 e. The van der Waals surface area contributed by atoms with Crippen LogP contribution in [0.25, 0.3) is 11.1 Å². The van der Waals surface area contributed by atoms with Crippen LogP contribution >= 0.6 is 0 Å². The summed E-state index contributed by atoms with van der Waals surface area (Å²) < 4.78 is 0. The van der Waals surface area contributed by atoms with E-state index in [1.807, 2.05) is 68.4 Å². The Bertz CT molecular complexity index is 1310. The fourth-order valence-corrected chi connectivity index (χ4v) is 6.53. The number of aryl methyl sites for hydroxylation is 2. The summed E-state index contributed by atoms with van der Waals surface area (Å²) in [5, 5.41) is 12.8. The van der Waals surface area contributed by atoms with E-state index in [9.17, 15) is 14.7 Å². The van der Waals surface area contributed by atoms with Crippen molar-refractivity contribution < 1.29 is 14.7 Å². The first-order valence-electron chi connectivity index (χ1n) is 13.7. The molecule has 38 heavy (non-hydrogen) atoms. The molecule has 0 radical (unpaired) electrons. The van der Waals surface area contributed by atoms with Crippen molar-refractivity contribution in [1.29, 1.82) is 0 Å². The van der Waals surface area contributed by atoms with Gasteiger partial charge < -0.3 is 15.3 Å². The van der Waals surface area contributed by atoms with Crippen LogP contribution in [-0.4, -0.2) is 35.1 Å². The second-order valence-corrected chi connectivity index (χ2v) is 11.0. The number of rotatable bonds is 7. The van der Waals surface area contributed by atoms with E-state index in [1.165, 1.54) is 32.1 Å². The van der Waals surface area contributed by atoms with Gasteiger partial charge in [0, 0.05) is 47.7 Å². The smallest absolute Gasteiger partial charge is 0.307 e. The molecule has 1 aromatic heterocycles. The standard InChI is InChI=1S/C32H37N3O3/c1-22-27(19-28(36)37)30(35-18-8-17-32(21-35)15-6-7-16-32)29(23(2)34-22)25-11-13-26(14-12-25)31(38)33-20-24-9-4-3-5-10-24/h3-5,9-14H,6-8,15-21H2,1-2H3,(H,33,38)(H,36,37). The maximum absolute atomic E-state index is 12.8. The number of aliphatic carboxylic acids is 1. The van der Waals surface area contributed by atoms with Gasteiger partial charge in [-0.3, -0.25) is 14.6 Å². The van der Waals surface area contributed by atoms with Gasteiger partial charge in [0.15, 0.2) is 0 Å². The molecule has 0 atom stereocenters. The molecule has 2 N–H and O–H groups in total. The molecule has 2 heterocycles. The third kappa shape index (κ3) is 5.45. The molecule has 0 bridgehead atoms. The Morgan fingerprint density at radius 1 is 0.947 bits per heavy atom. The predicted octanol–water partition coefficient (Wildman–Crippen LogP) is 6.08. The van der Waals surface area contributed by atoms with Crippen LogP contribution in [0.1, 0.15) is 71.4 Å². The minimum absolute atomic E-state index is 0.0507.